The van der Waals surface area contributed by atoms with Crippen LogP contribution >= 0.6 is 11.6 Å². The van der Waals surface area contributed by atoms with Gasteiger partial charge in [0.25, 0.3) is 5.95 Å². The van der Waals surface area contributed by atoms with Crippen LogP contribution < -0.4 is 11.2 Å². The van der Waals surface area contributed by atoms with Gasteiger partial charge in [-0.2, -0.15) is 0 Å². The monoisotopic (exact) mass is 304 g/mol. The topological polar surface area (TPSA) is 94.8 Å². The van der Waals surface area contributed by atoms with Crippen LogP contribution in [0.3, 0.4) is 0 Å². The molecule has 3 N–H and O–H groups in total. The van der Waals surface area contributed by atoms with Crippen LogP contribution in [0.5, 0.6) is 0 Å². The molecule has 108 valence electrons. The maximum Gasteiger partial charge on any atom is 0.260 e. The van der Waals surface area contributed by atoms with E-state index in [1.54, 1.807) is 0 Å². The quantitative estimate of drug-likeness (QED) is 0.767. The Balaban J connectivity index is 1.77. The van der Waals surface area contributed by atoms with Crippen molar-refractivity contribution in [3.8, 4) is 11.3 Å². The first-order chi connectivity index (χ1) is 10.1. The molecule has 7 nitrogen and oxygen atoms in total. The number of nitrogens with two attached hydrogens (primary N) is 1. The van der Waals surface area contributed by atoms with Crippen molar-refractivity contribution >= 4 is 17.5 Å². The zero-order valence-corrected chi connectivity index (χ0v) is 12.0. The summed E-state index contributed by atoms with van der Waals surface area (Å²) in [5.74, 6) is 1.68. The fourth-order valence-electron chi connectivity index (χ4n) is 1.95. The van der Waals surface area contributed by atoms with E-state index in [1.807, 2.05) is 37.3 Å². The number of nitrogens with one attached hydrogen (secondary N) is 1. The number of halogens is 1. The van der Waals surface area contributed by atoms with Crippen molar-refractivity contribution in [1.29, 1.82) is 0 Å². The van der Waals surface area contributed by atoms with E-state index in [0.717, 1.165) is 22.6 Å². The molecule has 0 fully saturated rings. The van der Waals surface area contributed by atoms with Gasteiger partial charge in [-0.3, -0.25) is 5.43 Å². The van der Waals surface area contributed by atoms with E-state index in [2.05, 4.69) is 21.0 Å². The van der Waals surface area contributed by atoms with Gasteiger partial charge < -0.3 is 10.2 Å². The van der Waals surface area contributed by atoms with Gasteiger partial charge in [-0.1, -0.05) is 28.8 Å². The Labute approximate surface area is 125 Å². The summed E-state index contributed by atoms with van der Waals surface area (Å²) in [6, 6.07) is 9.50. The van der Waals surface area contributed by atoms with Crippen LogP contribution in [0.1, 0.15) is 11.3 Å². The van der Waals surface area contributed by atoms with Crippen molar-refractivity contribution in [3.63, 3.8) is 0 Å². The third-order valence-electron chi connectivity index (χ3n) is 3.09. The molecule has 1 aromatic carbocycles. The van der Waals surface area contributed by atoms with Crippen molar-refractivity contribution < 1.29 is 4.42 Å². The maximum absolute atomic E-state index is 6.12. The highest BCUT2D eigenvalue weighted by atomic mass is 35.5. The SMILES string of the molecule is Cc1c(Cl)cccc1-c1ccc(CNn2nnnc2N)o1. The number of rotatable bonds is 4. The van der Waals surface area contributed by atoms with E-state index in [1.165, 1.54) is 4.79 Å². The third-order valence-corrected chi connectivity index (χ3v) is 3.50. The van der Waals surface area contributed by atoms with Crippen LogP contribution in [0.15, 0.2) is 34.7 Å². The number of hydrogen-bond acceptors (Lipinski definition) is 6. The summed E-state index contributed by atoms with van der Waals surface area (Å²) in [5.41, 5.74) is 10.4. The van der Waals surface area contributed by atoms with Crippen LogP contribution in [0.4, 0.5) is 5.95 Å². The zero-order chi connectivity index (χ0) is 14.8. The van der Waals surface area contributed by atoms with E-state index in [0.29, 0.717) is 11.6 Å². The van der Waals surface area contributed by atoms with Crippen LogP contribution in [-0.2, 0) is 6.54 Å². The summed E-state index contributed by atoms with van der Waals surface area (Å²) in [5, 5.41) is 11.4. The van der Waals surface area contributed by atoms with Gasteiger partial charge in [0.15, 0.2) is 0 Å². The highest BCUT2D eigenvalue weighted by molar-refractivity contribution is 6.31. The van der Waals surface area contributed by atoms with Gasteiger partial charge in [0.05, 0.1) is 6.54 Å². The van der Waals surface area contributed by atoms with Crippen LogP contribution in [0.2, 0.25) is 5.02 Å². The first kappa shape index (κ1) is 13.4. The minimum absolute atomic E-state index is 0.187. The summed E-state index contributed by atoms with van der Waals surface area (Å²) < 4.78 is 5.80. The van der Waals surface area contributed by atoms with Gasteiger partial charge in [-0.05, 0) is 41.1 Å². The molecule has 0 aliphatic heterocycles. The van der Waals surface area contributed by atoms with Crippen molar-refractivity contribution in [2.24, 2.45) is 0 Å². The van der Waals surface area contributed by atoms with Crippen LogP contribution in [0.25, 0.3) is 11.3 Å². The molecule has 0 aliphatic rings. The second-order valence-electron chi connectivity index (χ2n) is 4.46. The molecule has 0 saturated carbocycles. The molecule has 0 bridgehead atoms. The Bertz CT molecular complexity index is 766. The number of anilines is 1. The van der Waals surface area contributed by atoms with Crippen LogP contribution in [0, 0.1) is 6.92 Å². The van der Waals surface area contributed by atoms with Gasteiger partial charge in [-0.25, -0.2) is 0 Å². The molecule has 0 aliphatic carbocycles. The highest BCUT2D eigenvalue weighted by Gasteiger charge is 2.10. The molecule has 3 aromatic rings. The van der Waals surface area contributed by atoms with Gasteiger partial charge in [0.2, 0.25) is 0 Å². The summed E-state index contributed by atoms with van der Waals surface area (Å²) in [7, 11) is 0. The van der Waals surface area contributed by atoms with E-state index >= 15 is 0 Å². The van der Waals surface area contributed by atoms with Crippen molar-refractivity contribution in [3.05, 3.63) is 46.7 Å². The lowest BCUT2D eigenvalue weighted by Gasteiger charge is -2.05. The molecule has 2 aromatic heterocycles. The predicted molar refractivity (Wildman–Crippen MR) is 79.2 cm³/mol. The normalized spacial score (nSPS) is 10.8. The number of furan rings is 1. The smallest absolute Gasteiger partial charge is 0.260 e. The minimum Gasteiger partial charge on any atom is -0.459 e. The summed E-state index contributed by atoms with van der Waals surface area (Å²) >= 11 is 6.12. The van der Waals surface area contributed by atoms with Gasteiger partial charge in [0, 0.05) is 10.6 Å². The average molecular weight is 305 g/mol. The van der Waals surface area contributed by atoms with Crippen molar-refractivity contribution in [2.75, 3.05) is 11.2 Å². The second kappa shape index (κ2) is 5.45. The molecule has 21 heavy (non-hydrogen) atoms. The van der Waals surface area contributed by atoms with E-state index in [-0.39, 0.29) is 5.95 Å². The molecule has 0 spiro atoms. The number of tetrazole rings is 1. The fraction of sp³-hybridized carbons (Fsp3) is 0.154. The van der Waals surface area contributed by atoms with Gasteiger partial charge in [-0.15, -0.1) is 4.79 Å². The summed E-state index contributed by atoms with van der Waals surface area (Å²) in [4.78, 5) is 1.28. The standard InChI is InChI=1S/C13H13ClN6O/c1-8-10(3-2-4-11(8)14)12-6-5-9(21-12)7-16-20-13(15)17-18-19-20/h2-6,16H,7H2,1H3,(H2,15,17,19). The summed E-state index contributed by atoms with van der Waals surface area (Å²) in [6.07, 6.45) is 0. The van der Waals surface area contributed by atoms with Gasteiger partial charge in [0.1, 0.15) is 11.5 Å². The lowest BCUT2D eigenvalue weighted by atomic mass is 10.1. The largest absolute Gasteiger partial charge is 0.459 e. The Morgan fingerprint density at radius 1 is 1.33 bits per heavy atom. The Morgan fingerprint density at radius 3 is 2.95 bits per heavy atom. The Kier molecular flexibility index (Phi) is 3.49. The molecular weight excluding hydrogens is 292 g/mol. The first-order valence-electron chi connectivity index (χ1n) is 6.27. The number of hydrogen-bond donors (Lipinski definition) is 2. The number of benzene rings is 1. The molecule has 2 heterocycles. The maximum atomic E-state index is 6.12. The molecule has 8 heteroatoms. The zero-order valence-electron chi connectivity index (χ0n) is 11.2. The summed E-state index contributed by atoms with van der Waals surface area (Å²) in [6.45, 7) is 2.37. The molecule has 3 rings (SSSR count). The third kappa shape index (κ3) is 2.68. The minimum atomic E-state index is 0.187. The van der Waals surface area contributed by atoms with Crippen molar-refractivity contribution in [1.82, 2.24) is 20.3 Å². The second-order valence-corrected chi connectivity index (χ2v) is 4.87. The van der Waals surface area contributed by atoms with Crippen molar-refractivity contribution in [2.45, 2.75) is 13.5 Å². The van der Waals surface area contributed by atoms with E-state index in [4.69, 9.17) is 21.8 Å². The average Bonchev–Trinajstić information content (AvgIpc) is 3.09. The highest BCUT2D eigenvalue weighted by Crippen LogP contribution is 2.29. The lowest BCUT2D eigenvalue weighted by Crippen LogP contribution is -2.18. The Morgan fingerprint density at radius 2 is 2.19 bits per heavy atom. The Hall–Kier alpha value is -2.54. The van der Waals surface area contributed by atoms with Crippen LogP contribution in [-0.4, -0.2) is 20.3 Å². The molecular formula is C13H13ClN6O. The molecule has 0 radical (unpaired) electrons. The molecule has 0 amide bonds. The number of nitrogen functional groups attached to an aromatic ring is 1. The van der Waals surface area contributed by atoms with E-state index in [9.17, 15) is 0 Å². The first-order valence-corrected chi connectivity index (χ1v) is 6.65. The predicted octanol–water partition coefficient (Wildman–Crippen LogP) is 2.22. The van der Waals surface area contributed by atoms with E-state index < -0.39 is 0 Å². The number of aromatic nitrogens is 4. The van der Waals surface area contributed by atoms with Gasteiger partial charge >= 0.3 is 0 Å². The molecule has 0 unspecified atom stereocenters. The molecule has 0 atom stereocenters. The molecule has 0 saturated heterocycles. The fourth-order valence-corrected chi connectivity index (χ4v) is 2.13. The lowest BCUT2D eigenvalue weighted by molar-refractivity contribution is 0.517. The number of nitrogens with zero attached hydrogens (tertiary/aromatic N) is 4.